The molecule has 0 amide bonds. The van der Waals surface area contributed by atoms with Crippen LogP contribution in [-0.2, 0) is 20.7 Å². The van der Waals surface area contributed by atoms with Crippen LogP contribution in [0.4, 0.5) is 0 Å². The van der Waals surface area contributed by atoms with Crippen LogP contribution in [0.3, 0.4) is 0 Å². The third-order valence-electron chi connectivity index (χ3n) is 3.32. The van der Waals surface area contributed by atoms with Gasteiger partial charge in [0.05, 0.1) is 6.42 Å². The molecule has 1 heterocycles. The van der Waals surface area contributed by atoms with Crippen molar-refractivity contribution in [2.45, 2.75) is 37.1 Å². The minimum absolute atomic E-state index is 0.125. The maximum atomic E-state index is 11.0. The van der Waals surface area contributed by atoms with Gasteiger partial charge in [-0.05, 0) is 17.7 Å². The maximum absolute atomic E-state index is 11.0. The van der Waals surface area contributed by atoms with Gasteiger partial charge in [0.25, 0.3) is 0 Å². The van der Waals surface area contributed by atoms with E-state index in [1.807, 2.05) is 0 Å². The van der Waals surface area contributed by atoms with E-state index in [1.54, 1.807) is 6.07 Å². The van der Waals surface area contributed by atoms with E-state index in [-0.39, 0.29) is 12.2 Å². The van der Waals surface area contributed by atoms with Crippen LogP contribution in [-0.4, -0.2) is 68.2 Å². The average molecular weight is 328 g/mol. The highest BCUT2D eigenvalue weighted by molar-refractivity contribution is 5.73. The summed E-state index contributed by atoms with van der Waals surface area (Å²) in [5.74, 6) is -2.43. The zero-order valence-corrected chi connectivity index (χ0v) is 11.8. The van der Waals surface area contributed by atoms with E-state index < -0.39 is 42.6 Å². The highest BCUT2D eigenvalue weighted by Gasteiger charge is 2.48. The number of carbonyl (C=O) groups is 2. The van der Waals surface area contributed by atoms with Crippen molar-refractivity contribution in [2.75, 3.05) is 0 Å². The Balaban J connectivity index is 2.14. The largest absolute Gasteiger partial charge is 0.481 e. The molecule has 23 heavy (non-hydrogen) atoms. The number of hydrogen-bond donors (Lipinski definition) is 5. The number of aliphatic carboxylic acids is 2. The van der Waals surface area contributed by atoms with Gasteiger partial charge < -0.3 is 35.0 Å². The van der Waals surface area contributed by atoms with Gasteiger partial charge in [-0.3, -0.25) is 4.79 Å². The first kappa shape index (κ1) is 17.2. The molecule has 5 atom stereocenters. The lowest BCUT2D eigenvalue weighted by Gasteiger charge is -2.38. The Hall–Kier alpha value is -2.20. The van der Waals surface area contributed by atoms with E-state index in [0.29, 0.717) is 5.56 Å². The Labute approximate surface area is 130 Å². The first-order valence-corrected chi connectivity index (χ1v) is 6.69. The van der Waals surface area contributed by atoms with E-state index in [0.717, 1.165) is 0 Å². The zero-order valence-electron chi connectivity index (χ0n) is 11.8. The molecule has 1 aliphatic rings. The molecule has 0 aromatic heterocycles. The molecule has 0 radical (unpaired) electrons. The van der Waals surface area contributed by atoms with Crippen molar-refractivity contribution in [2.24, 2.45) is 0 Å². The third kappa shape index (κ3) is 3.96. The summed E-state index contributed by atoms with van der Waals surface area (Å²) in [6.07, 6.45) is -8.79. The van der Waals surface area contributed by atoms with Crippen LogP contribution in [0.15, 0.2) is 24.3 Å². The number of rotatable bonds is 5. The average Bonchev–Trinajstić information content (AvgIpc) is 2.47. The molecule has 0 spiro atoms. The van der Waals surface area contributed by atoms with E-state index in [2.05, 4.69) is 0 Å². The van der Waals surface area contributed by atoms with Crippen LogP contribution in [0.2, 0.25) is 0 Å². The lowest BCUT2D eigenvalue weighted by atomic mass is 9.99. The van der Waals surface area contributed by atoms with Crippen molar-refractivity contribution in [1.29, 1.82) is 0 Å². The van der Waals surface area contributed by atoms with E-state index >= 15 is 0 Å². The second-order valence-corrected chi connectivity index (χ2v) is 5.07. The predicted octanol–water partition coefficient (Wildman–Crippen LogP) is -1.42. The van der Waals surface area contributed by atoms with Gasteiger partial charge in [-0.25, -0.2) is 4.79 Å². The minimum Gasteiger partial charge on any atom is -0.481 e. The van der Waals surface area contributed by atoms with Crippen LogP contribution in [0, 0.1) is 0 Å². The highest BCUT2D eigenvalue weighted by atomic mass is 16.7. The molecule has 9 heteroatoms. The van der Waals surface area contributed by atoms with Crippen LogP contribution in [0.1, 0.15) is 5.56 Å². The minimum atomic E-state index is -1.80. The Kier molecular flexibility index (Phi) is 5.16. The number of ether oxygens (including phenoxy) is 2. The molecule has 0 saturated carbocycles. The molecule has 0 aliphatic carbocycles. The number of carboxylic acid groups (broad SMARTS) is 2. The van der Waals surface area contributed by atoms with Crippen LogP contribution >= 0.6 is 0 Å². The van der Waals surface area contributed by atoms with Gasteiger partial charge in [-0.2, -0.15) is 0 Å². The van der Waals surface area contributed by atoms with Gasteiger partial charge in [0.15, 0.2) is 6.10 Å². The van der Waals surface area contributed by atoms with E-state index in [1.165, 1.54) is 18.2 Å². The number of aliphatic hydroxyl groups excluding tert-OH is 3. The molecule has 5 N–H and O–H groups in total. The van der Waals surface area contributed by atoms with Gasteiger partial charge in [0.1, 0.15) is 24.1 Å². The summed E-state index contributed by atoms with van der Waals surface area (Å²) in [6.45, 7) is 0. The molecule has 0 bridgehead atoms. The molecule has 1 aliphatic heterocycles. The van der Waals surface area contributed by atoms with Gasteiger partial charge in [0, 0.05) is 0 Å². The molecule has 1 aromatic rings. The normalized spacial score (nSPS) is 30.7. The first-order valence-electron chi connectivity index (χ1n) is 6.69. The maximum Gasteiger partial charge on any atom is 0.335 e. The number of carboxylic acids is 2. The van der Waals surface area contributed by atoms with Crippen molar-refractivity contribution in [3.8, 4) is 5.75 Å². The molecule has 2 rings (SSSR count). The third-order valence-corrected chi connectivity index (χ3v) is 3.32. The zero-order chi connectivity index (χ0) is 17.1. The summed E-state index contributed by atoms with van der Waals surface area (Å²) in [5.41, 5.74) is 0.427. The van der Waals surface area contributed by atoms with E-state index in [9.17, 15) is 24.9 Å². The highest BCUT2D eigenvalue weighted by Crippen LogP contribution is 2.25. The summed E-state index contributed by atoms with van der Waals surface area (Å²) in [4.78, 5) is 21.7. The van der Waals surface area contributed by atoms with Crippen LogP contribution < -0.4 is 4.74 Å². The van der Waals surface area contributed by atoms with Crippen molar-refractivity contribution in [3.63, 3.8) is 0 Å². The van der Waals surface area contributed by atoms with Crippen molar-refractivity contribution >= 4 is 11.9 Å². The van der Waals surface area contributed by atoms with Crippen molar-refractivity contribution in [3.05, 3.63) is 29.8 Å². The smallest absolute Gasteiger partial charge is 0.335 e. The molecule has 9 nitrogen and oxygen atoms in total. The fourth-order valence-electron chi connectivity index (χ4n) is 2.19. The topological polar surface area (TPSA) is 154 Å². The molecule has 126 valence electrons. The van der Waals surface area contributed by atoms with Gasteiger partial charge >= 0.3 is 11.9 Å². The monoisotopic (exact) mass is 328 g/mol. The molecule has 5 unspecified atom stereocenters. The second-order valence-electron chi connectivity index (χ2n) is 5.07. The summed E-state index contributed by atoms with van der Waals surface area (Å²) in [5, 5.41) is 46.8. The number of hydrogen-bond acceptors (Lipinski definition) is 7. The molecule has 1 fully saturated rings. The Morgan fingerprint density at radius 1 is 1.09 bits per heavy atom. The Morgan fingerprint density at radius 3 is 2.39 bits per heavy atom. The fraction of sp³-hybridized carbons (Fsp3) is 0.429. The molecular weight excluding hydrogens is 312 g/mol. The second kappa shape index (κ2) is 6.92. The summed E-state index contributed by atoms with van der Waals surface area (Å²) >= 11 is 0. The standard InChI is InChI=1S/C14H16O9/c15-8(16)5-6-2-1-3-7(4-6)22-14-11(19)9(17)10(18)12(23-14)13(20)21/h1-4,9-12,14,17-19H,5H2,(H,15,16)(H,20,21). The summed E-state index contributed by atoms with van der Waals surface area (Å²) in [7, 11) is 0. The summed E-state index contributed by atoms with van der Waals surface area (Å²) < 4.78 is 10.3. The fourth-order valence-corrected chi connectivity index (χ4v) is 2.19. The molecule has 1 aromatic carbocycles. The molecular formula is C14H16O9. The van der Waals surface area contributed by atoms with Crippen molar-refractivity contribution in [1.82, 2.24) is 0 Å². The Morgan fingerprint density at radius 2 is 1.78 bits per heavy atom. The number of benzene rings is 1. The van der Waals surface area contributed by atoms with Crippen molar-refractivity contribution < 1.29 is 44.6 Å². The SMILES string of the molecule is O=C(O)Cc1cccc(OC2OC(C(=O)O)C(O)C(O)C2O)c1. The lowest BCUT2D eigenvalue weighted by Crippen LogP contribution is -2.61. The van der Waals surface area contributed by atoms with E-state index in [4.69, 9.17) is 19.7 Å². The lowest BCUT2D eigenvalue weighted by molar-refractivity contribution is -0.271. The quantitative estimate of drug-likeness (QED) is 0.438. The summed E-state index contributed by atoms with van der Waals surface area (Å²) in [6, 6.07) is 5.91. The first-order chi connectivity index (χ1) is 10.8. The van der Waals surface area contributed by atoms with Crippen LogP contribution in [0.25, 0.3) is 0 Å². The van der Waals surface area contributed by atoms with Crippen LogP contribution in [0.5, 0.6) is 5.75 Å². The van der Waals surface area contributed by atoms with Gasteiger partial charge in [-0.1, -0.05) is 12.1 Å². The predicted molar refractivity (Wildman–Crippen MR) is 72.7 cm³/mol. The number of aliphatic hydroxyl groups is 3. The van der Waals surface area contributed by atoms with Gasteiger partial charge in [0.2, 0.25) is 6.29 Å². The van der Waals surface area contributed by atoms with Gasteiger partial charge in [-0.15, -0.1) is 0 Å². The molecule has 1 saturated heterocycles. The Bertz CT molecular complexity index is 587.